The minimum atomic E-state index is -0.540. The van der Waals surface area contributed by atoms with E-state index in [2.05, 4.69) is 10.00 Å². The standard InChI is InChI=1S/C11H20N4O/c1-11(16)4-3-6-15(7-5-11)10-9(12)8-13-14(10)2/h8,16H,3-7,12H2,1-2H3/t11-/m1/s1. The van der Waals surface area contributed by atoms with Gasteiger partial charge in [-0.25, -0.2) is 0 Å². The zero-order chi connectivity index (χ0) is 11.8. The monoisotopic (exact) mass is 224 g/mol. The SMILES string of the molecule is Cn1ncc(N)c1N1CCC[C@@](C)(O)CC1. The van der Waals surface area contributed by atoms with Crippen LogP contribution < -0.4 is 10.6 Å². The summed E-state index contributed by atoms with van der Waals surface area (Å²) in [6.07, 6.45) is 4.29. The van der Waals surface area contributed by atoms with Gasteiger partial charge in [-0.3, -0.25) is 4.68 Å². The Bertz CT molecular complexity index is 353. The van der Waals surface area contributed by atoms with Crippen LogP contribution in [0.3, 0.4) is 0 Å². The third-order valence-corrected chi connectivity index (χ3v) is 3.30. The number of nitrogens with two attached hydrogens (primary N) is 1. The molecule has 1 aliphatic heterocycles. The smallest absolute Gasteiger partial charge is 0.150 e. The molecule has 0 amide bonds. The Kier molecular flexibility index (Phi) is 2.80. The van der Waals surface area contributed by atoms with E-state index in [0.29, 0.717) is 5.69 Å². The first kappa shape index (κ1) is 11.3. The topological polar surface area (TPSA) is 67.3 Å². The fourth-order valence-corrected chi connectivity index (χ4v) is 2.31. The average Bonchev–Trinajstić information content (AvgIpc) is 2.43. The molecule has 0 aliphatic carbocycles. The van der Waals surface area contributed by atoms with Gasteiger partial charge in [-0.2, -0.15) is 5.10 Å². The maximum Gasteiger partial charge on any atom is 0.150 e. The van der Waals surface area contributed by atoms with E-state index < -0.39 is 5.60 Å². The van der Waals surface area contributed by atoms with Crippen LogP contribution in [0, 0.1) is 0 Å². The van der Waals surface area contributed by atoms with Crippen LogP contribution in [-0.2, 0) is 7.05 Å². The molecule has 5 heteroatoms. The summed E-state index contributed by atoms with van der Waals surface area (Å²) in [7, 11) is 1.90. The summed E-state index contributed by atoms with van der Waals surface area (Å²) in [5, 5.41) is 14.2. The first-order valence-corrected chi connectivity index (χ1v) is 5.74. The van der Waals surface area contributed by atoms with Gasteiger partial charge in [-0.15, -0.1) is 0 Å². The lowest BCUT2D eigenvalue weighted by atomic mass is 9.98. The molecular weight excluding hydrogens is 204 g/mol. The molecule has 1 fully saturated rings. The Morgan fingerprint density at radius 2 is 2.19 bits per heavy atom. The Morgan fingerprint density at radius 1 is 1.44 bits per heavy atom. The van der Waals surface area contributed by atoms with E-state index in [4.69, 9.17) is 5.73 Å². The van der Waals surface area contributed by atoms with Crippen molar-refractivity contribution in [1.82, 2.24) is 9.78 Å². The Labute approximate surface area is 95.8 Å². The van der Waals surface area contributed by atoms with E-state index >= 15 is 0 Å². The second-order valence-electron chi connectivity index (χ2n) is 4.88. The Morgan fingerprint density at radius 3 is 2.81 bits per heavy atom. The molecule has 1 aliphatic rings. The van der Waals surface area contributed by atoms with Crippen molar-refractivity contribution in [3.63, 3.8) is 0 Å². The summed E-state index contributed by atoms with van der Waals surface area (Å²) in [5.74, 6) is 0.970. The van der Waals surface area contributed by atoms with Gasteiger partial charge in [-0.1, -0.05) is 0 Å². The molecule has 2 heterocycles. The maximum atomic E-state index is 10.0. The molecule has 0 spiro atoms. The number of hydrogen-bond acceptors (Lipinski definition) is 4. The van der Waals surface area contributed by atoms with Gasteiger partial charge in [0.25, 0.3) is 0 Å². The summed E-state index contributed by atoms with van der Waals surface area (Å²) in [6.45, 7) is 3.67. The van der Waals surface area contributed by atoms with Gasteiger partial charge in [0.2, 0.25) is 0 Å². The van der Waals surface area contributed by atoms with Crippen LogP contribution in [0.1, 0.15) is 26.2 Å². The molecule has 90 valence electrons. The summed E-state index contributed by atoms with van der Waals surface area (Å²) >= 11 is 0. The van der Waals surface area contributed by atoms with Crippen molar-refractivity contribution < 1.29 is 5.11 Å². The molecule has 1 aromatic rings. The van der Waals surface area contributed by atoms with E-state index in [1.807, 2.05) is 14.0 Å². The highest BCUT2D eigenvalue weighted by Crippen LogP contribution is 2.28. The summed E-state index contributed by atoms with van der Waals surface area (Å²) in [6, 6.07) is 0. The van der Waals surface area contributed by atoms with Crippen molar-refractivity contribution >= 4 is 11.5 Å². The lowest BCUT2D eigenvalue weighted by Crippen LogP contribution is -2.29. The fourth-order valence-electron chi connectivity index (χ4n) is 2.31. The van der Waals surface area contributed by atoms with Gasteiger partial charge in [0.15, 0.2) is 0 Å². The Hall–Kier alpha value is -1.23. The quantitative estimate of drug-likeness (QED) is 0.738. The first-order valence-electron chi connectivity index (χ1n) is 5.74. The zero-order valence-corrected chi connectivity index (χ0v) is 9.98. The molecule has 1 aromatic heterocycles. The van der Waals surface area contributed by atoms with E-state index in [-0.39, 0.29) is 0 Å². The molecule has 0 bridgehead atoms. The molecule has 2 rings (SSSR count). The highest BCUT2D eigenvalue weighted by Gasteiger charge is 2.26. The number of nitrogen functional groups attached to an aromatic ring is 1. The first-order chi connectivity index (χ1) is 7.49. The zero-order valence-electron chi connectivity index (χ0n) is 9.98. The largest absolute Gasteiger partial charge is 0.394 e. The van der Waals surface area contributed by atoms with Crippen molar-refractivity contribution in [1.29, 1.82) is 0 Å². The molecule has 0 saturated carbocycles. The highest BCUT2D eigenvalue weighted by molar-refractivity contribution is 5.62. The Balaban J connectivity index is 2.17. The van der Waals surface area contributed by atoms with Gasteiger partial charge in [0, 0.05) is 20.1 Å². The van der Waals surface area contributed by atoms with Gasteiger partial charge in [0.1, 0.15) is 5.82 Å². The molecule has 0 radical (unpaired) electrons. The highest BCUT2D eigenvalue weighted by atomic mass is 16.3. The van der Waals surface area contributed by atoms with E-state index in [9.17, 15) is 5.11 Å². The average molecular weight is 224 g/mol. The van der Waals surface area contributed by atoms with E-state index in [0.717, 1.165) is 38.2 Å². The van der Waals surface area contributed by atoms with Crippen LogP contribution in [-0.4, -0.2) is 33.6 Å². The number of aliphatic hydroxyl groups is 1. The summed E-state index contributed by atoms with van der Waals surface area (Å²) in [5.41, 5.74) is 6.08. The number of aromatic nitrogens is 2. The number of anilines is 2. The van der Waals surface area contributed by atoms with Gasteiger partial charge < -0.3 is 15.7 Å². The number of aryl methyl sites for hydroxylation is 1. The van der Waals surface area contributed by atoms with Gasteiger partial charge in [0.05, 0.1) is 17.5 Å². The second-order valence-corrected chi connectivity index (χ2v) is 4.88. The number of nitrogens with zero attached hydrogens (tertiary/aromatic N) is 3. The predicted octanol–water partition coefficient (Wildman–Crippen LogP) is 0.744. The van der Waals surface area contributed by atoms with Crippen LogP contribution in [0.5, 0.6) is 0 Å². The van der Waals surface area contributed by atoms with Crippen molar-refractivity contribution in [2.24, 2.45) is 7.05 Å². The van der Waals surface area contributed by atoms with Crippen LogP contribution >= 0.6 is 0 Å². The van der Waals surface area contributed by atoms with Crippen molar-refractivity contribution in [2.45, 2.75) is 31.8 Å². The lowest BCUT2D eigenvalue weighted by Gasteiger charge is -2.24. The predicted molar refractivity (Wildman–Crippen MR) is 64.3 cm³/mol. The van der Waals surface area contributed by atoms with Crippen LogP contribution in [0.15, 0.2) is 6.20 Å². The van der Waals surface area contributed by atoms with Crippen molar-refractivity contribution in [2.75, 3.05) is 23.7 Å². The van der Waals surface area contributed by atoms with Crippen molar-refractivity contribution in [3.8, 4) is 0 Å². The van der Waals surface area contributed by atoms with Crippen LogP contribution in [0.25, 0.3) is 0 Å². The number of hydrogen-bond donors (Lipinski definition) is 2. The van der Waals surface area contributed by atoms with E-state index in [1.165, 1.54) is 0 Å². The summed E-state index contributed by atoms with van der Waals surface area (Å²) < 4.78 is 1.80. The molecule has 16 heavy (non-hydrogen) atoms. The molecular formula is C11H20N4O. The van der Waals surface area contributed by atoms with Gasteiger partial charge in [-0.05, 0) is 26.2 Å². The third kappa shape index (κ3) is 2.14. The molecule has 1 atom stereocenters. The van der Waals surface area contributed by atoms with Crippen LogP contribution in [0.4, 0.5) is 11.5 Å². The molecule has 1 saturated heterocycles. The molecule has 0 aromatic carbocycles. The van der Waals surface area contributed by atoms with Crippen molar-refractivity contribution in [3.05, 3.63) is 6.20 Å². The minimum Gasteiger partial charge on any atom is -0.394 e. The lowest BCUT2D eigenvalue weighted by molar-refractivity contribution is 0.0481. The fraction of sp³-hybridized carbons (Fsp3) is 0.727. The summed E-state index contributed by atoms with van der Waals surface area (Å²) in [4.78, 5) is 2.21. The van der Waals surface area contributed by atoms with E-state index in [1.54, 1.807) is 10.9 Å². The second kappa shape index (κ2) is 3.97. The van der Waals surface area contributed by atoms with Crippen LogP contribution in [0.2, 0.25) is 0 Å². The minimum absolute atomic E-state index is 0.540. The maximum absolute atomic E-state index is 10.0. The molecule has 0 unspecified atom stereocenters. The van der Waals surface area contributed by atoms with Gasteiger partial charge >= 0.3 is 0 Å². The number of rotatable bonds is 1. The molecule has 3 N–H and O–H groups in total. The third-order valence-electron chi connectivity index (χ3n) is 3.30. The normalized spacial score (nSPS) is 26.8. The molecule has 5 nitrogen and oxygen atoms in total.